The molecule has 6 nitrogen and oxygen atoms in total. The molecular formula is C14H27N3O3. The molecule has 1 atom stereocenters. The van der Waals surface area contributed by atoms with Crippen LogP contribution in [0.5, 0.6) is 0 Å². The molecule has 0 aromatic carbocycles. The summed E-state index contributed by atoms with van der Waals surface area (Å²) in [4.78, 5) is 27.4. The zero-order valence-electron chi connectivity index (χ0n) is 13.0. The summed E-state index contributed by atoms with van der Waals surface area (Å²) in [5.41, 5.74) is 5.97. The van der Waals surface area contributed by atoms with Crippen LogP contribution in [0.3, 0.4) is 0 Å². The first-order valence-corrected chi connectivity index (χ1v) is 7.05. The fourth-order valence-electron chi connectivity index (χ4n) is 2.04. The third-order valence-corrected chi connectivity index (χ3v) is 3.76. The summed E-state index contributed by atoms with van der Waals surface area (Å²) < 4.78 is 4.83. The van der Waals surface area contributed by atoms with Crippen LogP contribution < -0.4 is 5.73 Å². The minimum atomic E-state index is -0.150. The Labute approximate surface area is 121 Å². The molecule has 0 aliphatic carbocycles. The van der Waals surface area contributed by atoms with Crippen LogP contribution in [0, 0.1) is 5.41 Å². The molecule has 2 N–H and O–H groups in total. The lowest BCUT2D eigenvalue weighted by atomic mass is 9.85. The molecule has 6 heteroatoms. The molecule has 0 spiro atoms. The first-order valence-electron chi connectivity index (χ1n) is 7.05. The SMILES string of the molecule is COCC(=O)N1CCN(C(=O)CC(N)C(C)(C)C)CC1. The smallest absolute Gasteiger partial charge is 0.248 e. The van der Waals surface area contributed by atoms with Gasteiger partial charge in [-0.3, -0.25) is 9.59 Å². The van der Waals surface area contributed by atoms with Crippen molar-refractivity contribution in [2.75, 3.05) is 39.9 Å². The molecule has 0 aromatic rings. The number of ether oxygens (including phenoxy) is 1. The lowest BCUT2D eigenvalue weighted by Crippen LogP contribution is -2.52. The highest BCUT2D eigenvalue weighted by molar-refractivity contribution is 5.79. The number of nitrogens with zero attached hydrogens (tertiary/aromatic N) is 2. The van der Waals surface area contributed by atoms with Gasteiger partial charge in [0.05, 0.1) is 0 Å². The van der Waals surface area contributed by atoms with Crippen molar-refractivity contribution in [1.29, 1.82) is 0 Å². The van der Waals surface area contributed by atoms with Crippen molar-refractivity contribution in [2.45, 2.75) is 33.2 Å². The minimum absolute atomic E-state index is 0.0222. The standard InChI is InChI=1S/C14H27N3O3/c1-14(2,3)11(15)9-12(18)16-5-7-17(8-6-16)13(19)10-20-4/h11H,5-10,15H2,1-4H3. The number of carbonyl (C=O) groups is 2. The summed E-state index contributed by atoms with van der Waals surface area (Å²) in [5, 5.41) is 0. The first-order chi connectivity index (χ1) is 9.25. The number of carbonyl (C=O) groups excluding carboxylic acids is 2. The Kier molecular flexibility index (Phi) is 5.95. The highest BCUT2D eigenvalue weighted by atomic mass is 16.5. The van der Waals surface area contributed by atoms with Crippen molar-refractivity contribution >= 4 is 11.8 Å². The van der Waals surface area contributed by atoms with E-state index in [9.17, 15) is 9.59 Å². The number of hydrogen-bond donors (Lipinski definition) is 1. The van der Waals surface area contributed by atoms with Gasteiger partial charge in [0.1, 0.15) is 6.61 Å². The molecule has 2 amide bonds. The molecule has 0 radical (unpaired) electrons. The maximum Gasteiger partial charge on any atom is 0.248 e. The monoisotopic (exact) mass is 285 g/mol. The van der Waals surface area contributed by atoms with E-state index in [0.717, 1.165) is 0 Å². The quantitative estimate of drug-likeness (QED) is 0.793. The first kappa shape index (κ1) is 16.9. The lowest BCUT2D eigenvalue weighted by molar-refractivity contribution is -0.142. The van der Waals surface area contributed by atoms with Gasteiger partial charge in [-0.1, -0.05) is 20.8 Å². The molecule has 20 heavy (non-hydrogen) atoms. The number of methoxy groups -OCH3 is 1. The van der Waals surface area contributed by atoms with Gasteiger partial charge >= 0.3 is 0 Å². The normalized spacial score (nSPS) is 18.1. The van der Waals surface area contributed by atoms with Gasteiger partial charge in [0.15, 0.2) is 0 Å². The average molecular weight is 285 g/mol. The third kappa shape index (κ3) is 4.76. The zero-order chi connectivity index (χ0) is 15.3. The van der Waals surface area contributed by atoms with E-state index >= 15 is 0 Å². The molecule has 1 rings (SSSR count). The maximum atomic E-state index is 12.2. The van der Waals surface area contributed by atoms with E-state index in [0.29, 0.717) is 32.6 Å². The molecule has 1 saturated heterocycles. The molecule has 1 aliphatic rings. The maximum absolute atomic E-state index is 12.2. The van der Waals surface area contributed by atoms with Gasteiger partial charge in [0.25, 0.3) is 0 Å². The van der Waals surface area contributed by atoms with Crippen molar-refractivity contribution in [3.8, 4) is 0 Å². The van der Waals surface area contributed by atoms with Crippen LogP contribution in [0.25, 0.3) is 0 Å². The second kappa shape index (κ2) is 7.04. The number of rotatable bonds is 4. The van der Waals surface area contributed by atoms with Gasteiger partial charge in [0.2, 0.25) is 11.8 Å². The van der Waals surface area contributed by atoms with E-state index in [1.807, 2.05) is 20.8 Å². The highest BCUT2D eigenvalue weighted by Gasteiger charge is 2.28. The van der Waals surface area contributed by atoms with Gasteiger partial charge in [0, 0.05) is 45.8 Å². The Morgan fingerprint density at radius 2 is 1.55 bits per heavy atom. The zero-order valence-corrected chi connectivity index (χ0v) is 13.0. The van der Waals surface area contributed by atoms with E-state index in [2.05, 4.69) is 0 Å². The summed E-state index contributed by atoms with van der Waals surface area (Å²) >= 11 is 0. The van der Waals surface area contributed by atoms with Crippen molar-refractivity contribution in [3.05, 3.63) is 0 Å². The summed E-state index contributed by atoms with van der Waals surface area (Å²) in [5.74, 6) is 0.0530. The predicted octanol–water partition coefficient (Wildman–Crippen LogP) is 0.0671. The molecular weight excluding hydrogens is 258 g/mol. The lowest BCUT2D eigenvalue weighted by Gasteiger charge is -2.36. The second-order valence-corrected chi connectivity index (χ2v) is 6.37. The molecule has 1 aliphatic heterocycles. The number of nitrogens with two attached hydrogens (primary N) is 1. The minimum Gasteiger partial charge on any atom is -0.375 e. The van der Waals surface area contributed by atoms with E-state index < -0.39 is 0 Å². The predicted molar refractivity (Wildman–Crippen MR) is 77.1 cm³/mol. The Balaban J connectivity index is 2.41. The topological polar surface area (TPSA) is 75.9 Å². The van der Waals surface area contributed by atoms with Gasteiger partial charge < -0.3 is 20.3 Å². The van der Waals surface area contributed by atoms with Crippen LogP contribution in [-0.2, 0) is 14.3 Å². The molecule has 1 fully saturated rings. The van der Waals surface area contributed by atoms with Crippen LogP contribution in [0.1, 0.15) is 27.2 Å². The fourth-order valence-corrected chi connectivity index (χ4v) is 2.04. The van der Waals surface area contributed by atoms with Crippen LogP contribution in [0.15, 0.2) is 0 Å². The summed E-state index contributed by atoms with van der Waals surface area (Å²) in [7, 11) is 1.51. The van der Waals surface area contributed by atoms with Crippen molar-refractivity contribution in [2.24, 2.45) is 11.1 Å². The van der Waals surface area contributed by atoms with E-state index in [4.69, 9.17) is 10.5 Å². The molecule has 116 valence electrons. The van der Waals surface area contributed by atoms with Gasteiger partial charge in [-0.15, -0.1) is 0 Å². The van der Waals surface area contributed by atoms with Crippen LogP contribution >= 0.6 is 0 Å². The highest BCUT2D eigenvalue weighted by Crippen LogP contribution is 2.20. The van der Waals surface area contributed by atoms with E-state index in [1.54, 1.807) is 9.80 Å². The second-order valence-electron chi connectivity index (χ2n) is 6.37. The molecule has 1 heterocycles. The van der Waals surface area contributed by atoms with Crippen molar-refractivity contribution in [1.82, 2.24) is 9.80 Å². The fraction of sp³-hybridized carbons (Fsp3) is 0.857. The Morgan fingerprint density at radius 1 is 1.10 bits per heavy atom. The Hall–Kier alpha value is -1.14. The van der Waals surface area contributed by atoms with Gasteiger partial charge in [-0.25, -0.2) is 0 Å². The van der Waals surface area contributed by atoms with Crippen molar-refractivity contribution < 1.29 is 14.3 Å². The molecule has 0 aromatic heterocycles. The summed E-state index contributed by atoms with van der Waals surface area (Å²) in [6.07, 6.45) is 0.357. The van der Waals surface area contributed by atoms with Crippen LogP contribution in [0.2, 0.25) is 0 Å². The third-order valence-electron chi connectivity index (χ3n) is 3.76. The Bertz CT molecular complexity index is 344. The molecule has 1 unspecified atom stereocenters. The van der Waals surface area contributed by atoms with Gasteiger partial charge in [-0.05, 0) is 5.41 Å². The van der Waals surface area contributed by atoms with Crippen LogP contribution in [0.4, 0.5) is 0 Å². The van der Waals surface area contributed by atoms with E-state index in [-0.39, 0.29) is 29.9 Å². The van der Waals surface area contributed by atoms with Gasteiger partial charge in [-0.2, -0.15) is 0 Å². The largest absolute Gasteiger partial charge is 0.375 e. The van der Waals surface area contributed by atoms with E-state index in [1.165, 1.54) is 7.11 Å². The average Bonchev–Trinajstić information content (AvgIpc) is 2.38. The Morgan fingerprint density at radius 3 is 1.95 bits per heavy atom. The summed E-state index contributed by atoms with van der Waals surface area (Å²) in [6, 6.07) is -0.150. The number of amides is 2. The summed E-state index contributed by atoms with van der Waals surface area (Å²) in [6.45, 7) is 8.49. The molecule has 0 bridgehead atoms. The van der Waals surface area contributed by atoms with Crippen molar-refractivity contribution in [3.63, 3.8) is 0 Å². The molecule has 0 saturated carbocycles. The number of piperazine rings is 1. The van der Waals surface area contributed by atoms with Crippen LogP contribution in [-0.4, -0.2) is 67.6 Å². The number of hydrogen-bond acceptors (Lipinski definition) is 4.